The molecule has 0 unspecified atom stereocenters. The van der Waals surface area contributed by atoms with Crippen molar-refractivity contribution in [3.05, 3.63) is 0 Å². The Morgan fingerprint density at radius 2 is 1.73 bits per heavy atom. The van der Waals surface area contributed by atoms with Crippen molar-refractivity contribution in [2.45, 2.75) is 66.2 Å². The highest BCUT2D eigenvalue weighted by Gasteiger charge is 2.31. The molecule has 0 aliphatic heterocycles. The molecule has 90 valence electrons. The summed E-state index contributed by atoms with van der Waals surface area (Å²) in [5.74, 6) is 0. The van der Waals surface area contributed by atoms with E-state index in [9.17, 15) is 0 Å². The average molecular weight is 211 g/mol. The fraction of sp³-hybridized carbons (Fsp3) is 1.00. The van der Waals surface area contributed by atoms with Gasteiger partial charge in [0.2, 0.25) is 0 Å². The molecule has 0 aromatic carbocycles. The van der Waals surface area contributed by atoms with Crippen LogP contribution >= 0.6 is 0 Å². The molecule has 0 heterocycles. The van der Waals surface area contributed by atoms with E-state index in [0.717, 1.165) is 0 Å². The highest BCUT2D eigenvalue weighted by atomic mass is 14.9. The van der Waals surface area contributed by atoms with Crippen molar-refractivity contribution in [2.24, 2.45) is 10.8 Å². The molecule has 1 heteroatoms. The molecular formula is C14H29N. The maximum atomic E-state index is 3.68. The number of hydrogen-bond acceptors (Lipinski definition) is 1. The van der Waals surface area contributed by atoms with Crippen LogP contribution in [0.5, 0.6) is 0 Å². The molecule has 1 fully saturated rings. The lowest BCUT2D eigenvalue weighted by molar-refractivity contribution is 0.259. The molecule has 1 aliphatic rings. The molecule has 1 rings (SSSR count). The van der Waals surface area contributed by atoms with Crippen molar-refractivity contribution in [1.82, 2.24) is 5.32 Å². The van der Waals surface area contributed by atoms with Gasteiger partial charge in [0.15, 0.2) is 0 Å². The van der Waals surface area contributed by atoms with Crippen LogP contribution in [0.15, 0.2) is 0 Å². The van der Waals surface area contributed by atoms with E-state index in [-0.39, 0.29) is 0 Å². The molecule has 1 N–H and O–H groups in total. The van der Waals surface area contributed by atoms with Crippen molar-refractivity contribution < 1.29 is 0 Å². The van der Waals surface area contributed by atoms with Crippen LogP contribution in [0.3, 0.4) is 0 Å². The van der Waals surface area contributed by atoms with Gasteiger partial charge in [-0.2, -0.15) is 0 Å². The van der Waals surface area contributed by atoms with E-state index in [2.05, 4.69) is 33.0 Å². The number of nitrogens with one attached hydrogen (secondary N) is 1. The molecule has 0 bridgehead atoms. The first-order valence-corrected chi connectivity index (χ1v) is 6.68. The lowest BCUT2D eigenvalue weighted by atomic mass is 9.83. The highest BCUT2D eigenvalue weighted by molar-refractivity contribution is 4.85. The Kier molecular flexibility index (Phi) is 4.64. The second-order valence-corrected chi connectivity index (χ2v) is 6.55. The van der Waals surface area contributed by atoms with E-state index in [1.165, 1.54) is 51.6 Å². The summed E-state index contributed by atoms with van der Waals surface area (Å²) in [6, 6.07) is 0. The van der Waals surface area contributed by atoms with Crippen LogP contribution in [-0.2, 0) is 0 Å². The Labute approximate surface area is 96.0 Å². The third-order valence-electron chi connectivity index (χ3n) is 3.97. The lowest BCUT2D eigenvalue weighted by Crippen LogP contribution is -2.33. The molecule has 0 atom stereocenters. The zero-order chi connectivity index (χ0) is 11.4. The molecule has 15 heavy (non-hydrogen) atoms. The first-order chi connectivity index (χ1) is 6.97. The van der Waals surface area contributed by atoms with Gasteiger partial charge < -0.3 is 5.32 Å². The van der Waals surface area contributed by atoms with E-state index in [1.54, 1.807) is 0 Å². The molecule has 1 nitrogen and oxygen atoms in total. The normalized spacial score (nSPS) is 20.8. The van der Waals surface area contributed by atoms with Crippen molar-refractivity contribution in [3.8, 4) is 0 Å². The minimum Gasteiger partial charge on any atom is -0.316 e. The Balaban J connectivity index is 2.18. The minimum atomic E-state index is 0.474. The van der Waals surface area contributed by atoms with E-state index < -0.39 is 0 Å². The molecule has 0 aromatic rings. The van der Waals surface area contributed by atoms with Crippen LogP contribution in [0, 0.1) is 10.8 Å². The SMILES string of the molecule is CCC1(CNCCC(C)(C)C)CCCC1. The summed E-state index contributed by atoms with van der Waals surface area (Å²) in [4.78, 5) is 0. The van der Waals surface area contributed by atoms with Crippen LogP contribution in [-0.4, -0.2) is 13.1 Å². The maximum Gasteiger partial charge on any atom is 0.000771 e. The Bertz CT molecular complexity index is 172. The van der Waals surface area contributed by atoms with Gasteiger partial charge in [-0.25, -0.2) is 0 Å². The number of rotatable bonds is 5. The van der Waals surface area contributed by atoms with Crippen LogP contribution in [0.25, 0.3) is 0 Å². The monoisotopic (exact) mass is 211 g/mol. The molecule has 1 saturated carbocycles. The molecule has 0 spiro atoms. The fourth-order valence-electron chi connectivity index (χ4n) is 2.60. The fourth-order valence-corrected chi connectivity index (χ4v) is 2.60. The first kappa shape index (κ1) is 13.0. The summed E-state index contributed by atoms with van der Waals surface area (Å²) in [5, 5.41) is 3.68. The Hall–Kier alpha value is -0.0400. The van der Waals surface area contributed by atoms with E-state index in [4.69, 9.17) is 0 Å². The van der Waals surface area contributed by atoms with Crippen LogP contribution in [0.1, 0.15) is 66.2 Å². The van der Waals surface area contributed by atoms with Crippen LogP contribution in [0.4, 0.5) is 0 Å². The maximum absolute atomic E-state index is 3.68. The van der Waals surface area contributed by atoms with Gasteiger partial charge in [0.05, 0.1) is 0 Å². The zero-order valence-corrected chi connectivity index (χ0v) is 11.2. The summed E-state index contributed by atoms with van der Waals surface area (Å²) >= 11 is 0. The summed E-state index contributed by atoms with van der Waals surface area (Å²) in [6.07, 6.45) is 8.45. The molecule has 0 amide bonds. The van der Waals surface area contributed by atoms with E-state index >= 15 is 0 Å². The lowest BCUT2D eigenvalue weighted by Gasteiger charge is -2.28. The standard InChI is InChI=1S/C14H29N/c1-5-14(8-6-7-9-14)12-15-11-10-13(2,3)4/h15H,5-12H2,1-4H3. The van der Waals surface area contributed by atoms with Gasteiger partial charge in [0, 0.05) is 6.54 Å². The van der Waals surface area contributed by atoms with Crippen molar-refractivity contribution in [2.75, 3.05) is 13.1 Å². The predicted octanol–water partition coefficient (Wildman–Crippen LogP) is 3.98. The van der Waals surface area contributed by atoms with Gasteiger partial charge in [0.1, 0.15) is 0 Å². The topological polar surface area (TPSA) is 12.0 Å². The third kappa shape index (κ3) is 4.55. The van der Waals surface area contributed by atoms with E-state index in [0.29, 0.717) is 10.8 Å². The van der Waals surface area contributed by atoms with E-state index in [1.807, 2.05) is 0 Å². The number of hydrogen-bond donors (Lipinski definition) is 1. The average Bonchev–Trinajstić information content (AvgIpc) is 2.60. The molecule has 0 radical (unpaired) electrons. The van der Waals surface area contributed by atoms with Gasteiger partial charge in [0.25, 0.3) is 0 Å². The van der Waals surface area contributed by atoms with Crippen LogP contribution in [0.2, 0.25) is 0 Å². The first-order valence-electron chi connectivity index (χ1n) is 6.68. The largest absolute Gasteiger partial charge is 0.316 e. The van der Waals surface area contributed by atoms with Gasteiger partial charge >= 0.3 is 0 Å². The van der Waals surface area contributed by atoms with Crippen molar-refractivity contribution in [3.63, 3.8) is 0 Å². The predicted molar refractivity (Wildman–Crippen MR) is 68.1 cm³/mol. The minimum absolute atomic E-state index is 0.474. The molecule has 1 aliphatic carbocycles. The van der Waals surface area contributed by atoms with Crippen molar-refractivity contribution in [1.29, 1.82) is 0 Å². The summed E-state index contributed by atoms with van der Waals surface area (Å²) in [6.45, 7) is 11.8. The zero-order valence-electron chi connectivity index (χ0n) is 11.2. The quantitative estimate of drug-likeness (QED) is 0.678. The van der Waals surface area contributed by atoms with Gasteiger partial charge in [-0.3, -0.25) is 0 Å². The third-order valence-corrected chi connectivity index (χ3v) is 3.97. The van der Waals surface area contributed by atoms with Crippen LogP contribution < -0.4 is 5.32 Å². The van der Waals surface area contributed by atoms with Gasteiger partial charge in [-0.15, -0.1) is 0 Å². The molecule has 0 aromatic heterocycles. The Morgan fingerprint density at radius 1 is 1.13 bits per heavy atom. The Morgan fingerprint density at radius 3 is 2.20 bits per heavy atom. The summed E-state index contributed by atoms with van der Waals surface area (Å²) in [7, 11) is 0. The summed E-state index contributed by atoms with van der Waals surface area (Å²) in [5.41, 5.74) is 1.12. The second-order valence-electron chi connectivity index (χ2n) is 6.55. The molecule has 0 saturated heterocycles. The smallest absolute Gasteiger partial charge is 0.000771 e. The highest BCUT2D eigenvalue weighted by Crippen LogP contribution is 2.40. The molecular weight excluding hydrogens is 182 g/mol. The summed E-state index contributed by atoms with van der Waals surface area (Å²) < 4.78 is 0. The van der Waals surface area contributed by atoms with Gasteiger partial charge in [-0.05, 0) is 43.1 Å². The van der Waals surface area contributed by atoms with Gasteiger partial charge in [-0.1, -0.05) is 40.5 Å². The second kappa shape index (κ2) is 5.34. The van der Waals surface area contributed by atoms with Crippen molar-refractivity contribution >= 4 is 0 Å².